The van der Waals surface area contributed by atoms with Crippen molar-refractivity contribution in [3.05, 3.63) is 0 Å². The summed E-state index contributed by atoms with van der Waals surface area (Å²) in [5.41, 5.74) is 0. The fourth-order valence-electron chi connectivity index (χ4n) is 0.730. The van der Waals surface area contributed by atoms with Gasteiger partial charge in [0.2, 0.25) is 0 Å². The minimum Gasteiger partial charge on any atom is -0.748 e. The first-order chi connectivity index (χ1) is 6.63. The third kappa shape index (κ3) is 6.12. The lowest BCUT2D eigenvalue weighted by molar-refractivity contribution is -0.300. The lowest BCUT2D eigenvalue weighted by Gasteiger charge is -2.18. The van der Waals surface area contributed by atoms with Gasteiger partial charge in [-0.2, -0.15) is 0 Å². The summed E-state index contributed by atoms with van der Waals surface area (Å²) in [4.78, 5) is 20.4. The van der Waals surface area contributed by atoms with Crippen LogP contribution in [0, 0.1) is 0 Å². The maximum absolute atomic E-state index is 10.5. The van der Waals surface area contributed by atoms with Gasteiger partial charge in [0, 0.05) is 6.42 Å². The fourth-order valence-corrected chi connectivity index (χ4v) is 1.37. The number of carbonyl (C=O) groups excluding carboxylic acids is 2. The van der Waals surface area contributed by atoms with E-state index in [1.807, 2.05) is 0 Å². The average Bonchev–Trinajstić information content (AvgIpc) is 2.00. The van der Waals surface area contributed by atoms with E-state index in [0.29, 0.717) is 0 Å². The average molecular weight is 240 g/mol. The van der Waals surface area contributed by atoms with Gasteiger partial charge in [-0.1, -0.05) is 0 Å². The zero-order valence-corrected chi connectivity index (χ0v) is 8.14. The van der Waals surface area contributed by atoms with Gasteiger partial charge in [-0.05, 0) is 0 Å². The highest BCUT2D eigenvalue weighted by Gasteiger charge is 2.22. The van der Waals surface area contributed by atoms with Gasteiger partial charge in [-0.25, -0.2) is 8.42 Å². The Bertz CT molecular complexity index is 344. The number of aliphatic carboxylic acids is 1. The molecule has 9 heteroatoms. The van der Waals surface area contributed by atoms with E-state index in [4.69, 9.17) is 10.2 Å². The summed E-state index contributed by atoms with van der Waals surface area (Å²) in [6.45, 7) is 0. The third-order valence-electron chi connectivity index (χ3n) is 1.44. The smallest absolute Gasteiger partial charge is 0.180 e. The van der Waals surface area contributed by atoms with E-state index >= 15 is 0 Å². The Labute approximate surface area is 84.9 Å². The van der Waals surface area contributed by atoms with Crippen molar-refractivity contribution in [3.8, 4) is 0 Å². The minimum absolute atomic E-state index is 1.01. The van der Waals surface area contributed by atoms with Crippen LogP contribution >= 0.6 is 0 Å². The lowest BCUT2D eigenvalue weighted by atomic mass is 10.1. The Morgan fingerprint density at radius 2 is 1.67 bits per heavy atom. The highest BCUT2D eigenvalue weighted by molar-refractivity contribution is 7.85. The topological polar surface area (TPSA) is 155 Å². The molecule has 88 valence electrons. The van der Waals surface area contributed by atoms with Crippen LogP contribution in [0.4, 0.5) is 0 Å². The number of Topliss-reactive ketones (excluding diaryl/α,β-unsaturated/α-hetero) is 1. The zero-order chi connectivity index (χ0) is 12.2. The van der Waals surface area contributed by atoms with Crippen LogP contribution in [0.15, 0.2) is 0 Å². The van der Waals surface area contributed by atoms with Crippen LogP contribution in [0.1, 0.15) is 6.42 Å². The number of ketones is 1. The quantitative estimate of drug-likeness (QED) is 0.351. The van der Waals surface area contributed by atoms with E-state index in [9.17, 15) is 27.7 Å². The molecule has 0 amide bonds. The van der Waals surface area contributed by atoms with E-state index in [0.717, 1.165) is 0 Å². The summed E-state index contributed by atoms with van der Waals surface area (Å²) in [6, 6.07) is 0. The third-order valence-corrected chi connectivity index (χ3v) is 2.19. The number of carboxylic acid groups (broad SMARTS) is 1. The largest absolute Gasteiger partial charge is 0.748 e. The van der Waals surface area contributed by atoms with Crippen molar-refractivity contribution in [2.45, 2.75) is 18.6 Å². The number of aliphatic hydroxyl groups excluding tert-OH is 2. The summed E-state index contributed by atoms with van der Waals surface area (Å²) in [7, 11) is -4.76. The number of carbonyl (C=O) groups is 2. The highest BCUT2D eigenvalue weighted by atomic mass is 32.2. The van der Waals surface area contributed by atoms with Gasteiger partial charge in [0.25, 0.3) is 0 Å². The van der Waals surface area contributed by atoms with Gasteiger partial charge in [0.15, 0.2) is 5.78 Å². The standard InChI is InChI=1S/C6H10O8S/c7-3(1-4(8)6(10)11)5(9)2-15(12,13)14/h3,5,7,9H,1-2H2,(H,10,11)(H,12,13,14)/p-2/t3-,5+/m0/s1. The second-order valence-electron chi connectivity index (χ2n) is 2.77. The molecule has 0 fully saturated rings. The van der Waals surface area contributed by atoms with Crippen molar-refractivity contribution in [2.75, 3.05) is 5.75 Å². The van der Waals surface area contributed by atoms with Crippen LogP contribution in [0.3, 0.4) is 0 Å². The van der Waals surface area contributed by atoms with Crippen molar-refractivity contribution >= 4 is 21.9 Å². The maximum atomic E-state index is 10.5. The first kappa shape index (κ1) is 14.0. The molecule has 0 aliphatic rings. The molecule has 0 saturated heterocycles. The molecule has 8 nitrogen and oxygen atoms in total. The summed E-state index contributed by atoms with van der Waals surface area (Å²) in [5.74, 6) is -4.86. The number of rotatable bonds is 6. The second-order valence-corrected chi connectivity index (χ2v) is 4.22. The van der Waals surface area contributed by atoms with E-state index in [1.54, 1.807) is 0 Å². The van der Waals surface area contributed by atoms with Crippen molar-refractivity contribution in [3.63, 3.8) is 0 Å². The predicted molar refractivity (Wildman–Crippen MR) is 41.2 cm³/mol. The van der Waals surface area contributed by atoms with Crippen LogP contribution < -0.4 is 5.11 Å². The Kier molecular flexibility index (Phi) is 4.81. The van der Waals surface area contributed by atoms with Gasteiger partial charge in [-0.3, -0.25) is 4.79 Å². The molecule has 0 bridgehead atoms. The highest BCUT2D eigenvalue weighted by Crippen LogP contribution is 2.02. The van der Waals surface area contributed by atoms with E-state index in [1.165, 1.54) is 0 Å². The zero-order valence-electron chi connectivity index (χ0n) is 7.32. The lowest BCUT2D eigenvalue weighted by Crippen LogP contribution is -2.39. The Hall–Kier alpha value is -1.03. The molecule has 0 rings (SSSR count). The Morgan fingerprint density at radius 1 is 1.20 bits per heavy atom. The number of hydrogen-bond acceptors (Lipinski definition) is 8. The molecule has 0 aromatic carbocycles. The SMILES string of the molecule is O=C([O-])C(=O)C[C@H](O)[C@H](O)CS(=O)(=O)[O-]. The van der Waals surface area contributed by atoms with Crippen LogP contribution in [0.2, 0.25) is 0 Å². The van der Waals surface area contributed by atoms with Crippen LogP contribution in [-0.2, 0) is 19.7 Å². The fraction of sp³-hybridized carbons (Fsp3) is 0.667. The van der Waals surface area contributed by atoms with Gasteiger partial charge in [0.05, 0.1) is 28.1 Å². The van der Waals surface area contributed by atoms with Crippen molar-refractivity contribution in [1.82, 2.24) is 0 Å². The molecule has 0 unspecified atom stereocenters. The van der Waals surface area contributed by atoms with Crippen molar-refractivity contribution < 1.29 is 37.9 Å². The molecule has 0 saturated carbocycles. The first-order valence-corrected chi connectivity index (χ1v) is 5.25. The van der Waals surface area contributed by atoms with Gasteiger partial charge in [0.1, 0.15) is 5.97 Å². The molecule has 0 aliphatic carbocycles. The van der Waals surface area contributed by atoms with Crippen LogP contribution in [0.25, 0.3) is 0 Å². The minimum atomic E-state index is -4.76. The van der Waals surface area contributed by atoms with Crippen molar-refractivity contribution in [1.29, 1.82) is 0 Å². The summed E-state index contributed by atoms with van der Waals surface area (Å²) < 4.78 is 30.4. The van der Waals surface area contributed by atoms with Crippen LogP contribution in [-0.4, -0.2) is 52.9 Å². The van der Waals surface area contributed by atoms with Crippen molar-refractivity contribution in [2.24, 2.45) is 0 Å². The van der Waals surface area contributed by atoms with Gasteiger partial charge >= 0.3 is 0 Å². The molecule has 0 radical (unpaired) electrons. The van der Waals surface area contributed by atoms with Gasteiger partial charge in [-0.15, -0.1) is 0 Å². The second kappa shape index (κ2) is 5.16. The number of carboxylic acids is 1. The predicted octanol–water partition coefficient (Wildman–Crippen LogP) is -4.04. The molecule has 0 aromatic heterocycles. The van der Waals surface area contributed by atoms with Crippen LogP contribution in [0.5, 0.6) is 0 Å². The molecule has 2 atom stereocenters. The molecule has 2 N–H and O–H groups in total. The summed E-state index contributed by atoms with van der Waals surface area (Å²) in [5, 5.41) is 27.7. The molecule has 0 aromatic rings. The Morgan fingerprint density at radius 3 is 2.00 bits per heavy atom. The molecule has 0 aliphatic heterocycles. The monoisotopic (exact) mass is 240 g/mol. The molecular formula is C6H8O8S-2. The Balaban J connectivity index is 4.28. The molecule has 15 heavy (non-hydrogen) atoms. The van der Waals surface area contributed by atoms with E-state index < -0.39 is 46.3 Å². The van der Waals surface area contributed by atoms with E-state index in [2.05, 4.69) is 0 Å². The molecule has 0 spiro atoms. The van der Waals surface area contributed by atoms with E-state index in [-0.39, 0.29) is 0 Å². The summed E-state index contributed by atoms with van der Waals surface area (Å²) >= 11 is 0. The number of aliphatic hydroxyl groups is 2. The molecule has 0 heterocycles. The number of hydrogen-bond donors (Lipinski definition) is 2. The maximum Gasteiger partial charge on any atom is 0.180 e. The normalized spacial score (nSPS) is 15.7. The van der Waals surface area contributed by atoms with Gasteiger partial charge < -0.3 is 24.7 Å². The first-order valence-electron chi connectivity index (χ1n) is 3.67. The molecular weight excluding hydrogens is 232 g/mol. The summed E-state index contributed by atoms with van der Waals surface area (Å²) in [6.07, 6.45) is -4.95.